The number of nitrogens with one attached hydrogen (secondary N) is 1. The smallest absolute Gasteiger partial charge is 0.277 e. The van der Waals surface area contributed by atoms with Gasteiger partial charge in [-0.3, -0.25) is 19.8 Å². The van der Waals surface area contributed by atoms with Crippen molar-refractivity contribution in [1.29, 1.82) is 0 Å². The van der Waals surface area contributed by atoms with Crippen LogP contribution in [0.1, 0.15) is 52.9 Å². The number of carbonyl (C=O) groups is 3. The number of carbonyl (C=O) groups excluding carboxylic acids is 3. The van der Waals surface area contributed by atoms with Gasteiger partial charge in [-0.1, -0.05) is 27.2 Å². The van der Waals surface area contributed by atoms with Gasteiger partial charge in [0, 0.05) is 6.04 Å². The van der Waals surface area contributed by atoms with Crippen LogP contribution in [0.25, 0.3) is 0 Å². The van der Waals surface area contributed by atoms with E-state index in [1.807, 2.05) is 13.8 Å². The van der Waals surface area contributed by atoms with Gasteiger partial charge in [-0.2, -0.15) is 0 Å². The molecule has 0 aromatic rings. The molecule has 5 nitrogen and oxygen atoms in total. The monoisotopic (exact) mass is 266 g/mol. The minimum Gasteiger partial charge on any atom is -0.277 e. The predicted molar refractivity (Wildman–Crippen MR) is 70.2 cm³/mol. The molecule has 0 aromatic heterocycles. The molecule has 1 aliphatic heterocycles. The molecule has 4 amide bonds. The molecule has 0 radical (unpaired) electrons. The van der Waals surface area contributed by atoms with E-state index < -0.39 is 17.4 Å². The highest BCUT2D eigenvalue weighted by atomic mass is 16.2. The van der Waals surface area contributed by atoms with Crippen molar-refractivity contribution in [3.05, 3.63) is 0 Å². The Morgan fingerprint density at radius 3 is 2.37 bits per heavy atom. The Hall–Kier alpha value is -1.39. The summed E-state index contributed by atoms with van der Waals surface area (Å²) in [6.07, 6.45) is 3.83. The van der Waals surface area contributed by atoms with Gasteiger partial charge in [0.1, 0.15) is 5.41 Å². The van der Waals surface area contributed by atoms with Crippen molar-refractivity contribution in [3.8, 4) is 0 Å². The molecule has 5 heteroatoms. The first-order valence-corrected chi connectivity index (χ1v) is 7.20. The predicted octanol–water partition coefficient (Wildman–Crippen LogP) is 2.06. The number of hydrogen-bond acceptors (Lipinski definition) is 3. The SMILES string of the molecule is CCCC1CC1N1C(=O)NC(=O)C(CC)(CC)C1=O. The zero-order valence-corrected chi connectivity index (χ0v) is 11.9. The Bertz CT molecular complexity index is 415. The van der Waals surface area contributed by atoms with Gasteiger partial charge in [0.25, 0.3) is 0 Å². The number of amides is 4. The lowest BCUT2D eigenvalue weighted by Gasteiger charge is -2.38. The van der Waals surface area contributed by atoms with Gasteiger partial charge < -0.3 is 0 Å². The van der Waals surface area contributed by atoms with E-state index in [-0.39, 0.29) is 11.9 Å². The molecular weight excluding hydrogens is 244 g/mol. The average molecular weight is 266 g/mol. The number of imide groups is 2. The van der Waals surface area contributed by atoms with Crippen LogP contribution in [0, 0.1) is 11.3 Å². The third kappa shape index (κ3) is 2.05. The van der Waals surface area contributed by atoms with Gasteiger partial charge >= 0.3 is 6.03 Å². The van der Waals surface area contributed by atoms with E-state index in [0.717, 1.165) is 19.3 Å². The molecule has 1 N–H and O–H groups in total. The summed E-state index contributed by atoms with van der Waals surface area (Å²) in [5.74, 6) is -0.314. The van der Waals surface area contributed by atoms with Crippen LogP contribution >= 0.6 is 0 Å². The van der Waals surface area contributed by atoms with Crippen LogP contribution in [0.4, 0.5) is 4.79 Å². The summed E-state index contributed by atoms with van der Waals surface area (Å²) >= 11 is 0. The minimum atomic E-state index is -1.05. The first kappa shape index (κ1) is 14.0. The van der Waals surface area contributed by atoms with Crippen LogP contribution in [-0.4, -0.2) is 28.8 Å². The minimum absolute atomic E-state index is 0.00183. The van der Waals surface area contributed by atoms with Crippen molar-refractivity contribution < 1.29 is 14.4 Å². The van der Waals surface area contributed by atoms with Gasteiger partial charge in [0.15, 0.2) is 0 Å². The fraction of sp³-hybridized carbons (Fsp3) is 0.786. The Balaban J connectivity index is 2.22. The largest absolute Gasteiger partial charge is 0.331 e. The van der Waals surface area contributed by atoms with Gasteiger partial charge in [-0.05, 0) is 31.6 Å². The van der Waals surface area contributed by atoms with Crippen molar-refractivity contribution in [1.82, 2.24) is 10.2 Å². The molecular formula is C14H22N2O3. The summed E-state index contributed by atoms with van der Waals surface area (Å²) in [5.41, 5.74) is -1.05. The number of barbiturate groups is 1. The second-order valence-electron chi connectivity index (χ2n) is 5.58. The number of urea groups is 1. The maximum Gasteiger partial charge on any atom is 0.331 e. The lowest BCUT2D eigenvalue weighted by Crippen LogP contribution is -2.64. The van der Waals surface area contributed by atoms with Crippen LogP contribution in [-0.2, 0) is 9.59 Å². The Labute approximate surface area is 113 Å². The second kappa shape index (κ2) is 4.94. The molecule has 1 heterocycles. The highest BCUT2D eigenvalue weighted by Gasteiger charge is 2.57. The molecule has 0 spiro atoms. The highest BCUT2D eigenvalue weighted by Crippen LogP contribution is 2.43. The van der Waals surface area contributed by atoms with Crippen LogP contribution in [0.2, 0.25) is 0 Å². The third-order valence-electron chi connectivity index (χ3n) is 4.59. The van der Waals surface area contributed by atoms with Crippen LogP contribution in [0.3, 0.4) is 0 Å². The number of hydrogen-bond donors (Lipinski definition) is 1. The Kier molecular flexibility index (Phi) is 3.65. The molecule has 2 fully saturated rings. The Morgan fingerprint density at radius 2 is 1.84 bits per heavy atom. The van der Waals surface area contributed by atoms with Crippen molar-refractivity contribution in [2.45, 2.75) is 58.9 Å². The van der Waals surface area contributed by atoms with Gasteiger partial charge in [0.2, 0.25) is 11.8 Å². The van der Waals surface area contributed by atoms with Gasteiger partial charge in [-0.25, -0.2) is 4.79 Å². The zero-order valence-electron chi connectivity index (χ0n) is 11.9. The van der Waals surface area contributed by atoms with E-state index in [9.17, 15) is 14.4 Å². The van der Waals surface area contributed by atoms with E-state index >= 15 is 0 Å². The van der Waals surface area contributed by atoms with E-state index in [1.165, 1.54) is 4.90 Å². The maximum atomic E-state index is 12.6. The fourth-order valence-corrected chi connectivity index (χ4v) is 3.10. The van der Waals surface area contributed by atoms with Crippen molar-refractivity contribution in [2.75, 3.05) is 0 Å². The van der Waals surface area contributed by atoms with Gasteiger partial charge in [0.05, 0.1) is 0 Å². The normalized spacial score (nSPS) is 29.4. The Morgan fingerprint density at radius 1 is 1.21 bits per heavy atom. The highest BCUT2D eigenvalue weighted by molar-refractivity contribution is 6.19. The molecule has 19 heavy (non-hydrogen) atoms. The number of nitrogens with zero attached hydrogens (tertiary/aromatic N) is 1. The van der Waals surface area contributed by atoms with Crippen molar-refractivity contribution in [2.24, 2.45) is 11.3 Å². The van der Waals surface area contributed by atoms with E-state index in [1.54, 1.807) is 0 Å². The molecule has 2 aliphatic rings. The summed E-state index contributed by atoms with van der Waals surface area (Å²) in [7, 11) is 0. The summed E-state index contributed by atoms with van der Waals surface area (Å²) < 4.78 is 0. The molecule has 0 aromatic carbocycles. The molecule has 2 rings (SSSR count). The van der Waals surface area contributed by atoms with E-state index in [0.29, 0.717) is 18.8 Å². The topological polar surface area (TPSA) is 66.5 Å². The molecule has 2 atom stereocenters. The quantitative estimate of drug-likeness (QED) is 0.774. The molecule has 2 unspecified atom stereocenters. The first-order chi connectivity index (χ1) is 9.01. The fourth-order valence-electron chi connectivity index (χ4n) is 3.10. The third-order valence-corrected chi connectivity index (χ3v) is 4.59. The van der Waals surface area contributed by atoms with Crippen LogP contribution in [0.15, 0.2) is 0 Å². The standard InChI is InChI=1S/C14H22N2O3/c1-4-7-9-8-10(9)16-12(18)14(5-2,6-3)11(17)15-13(16)19/h9-10H,4-8H2,1-3H3,(H,15,17,19). The molecule has 1 saturated heterocycles. The van der Waals surface area contributed by atoms with Crippen LogP contribution < -0.4 is 5.32 Å². The lowest BCUT2D eigenvalue weighted by molar-refractivity contribution is -0.152. The molecule has 0 bridgehead atoms. The first-order valence-electron chi connectivity index (χ1n) is 7.20. The van der Waals surface area contributed by atoms with Crippen molar-refractivity contribution >= 4 is 17.8 Å². The maximum absolute atomic E-state index is 12.6. The average Bonchev–Trinajstić information content (AvgIpc) is 3.10. The lowest BCUT2D eigenvalue weighted by atomic mass is 9.78. The van der Waals surface area contributed by atoms with E-state index in [4.69, 9.17) is 0 Å². The summed E-state index contributed by atoms with van der Waals surface area (Å²) in [4.78, 5) is 37.9. The van der Waals surface area contributed by atoms with Crippen molar-refractivity contribution in [3.63, 3.8) is 0 Å². The zero-order chi connectivity index (χ0) is 14.2. The van der Waals surface area contributed by atoms with E-state index in [2.05, 4.69) is 12.2 Å². The summed E-state index contributed by atoms with van der Waals surface area (Å²) in [6.45, 7) is 5.75. The summed E-state index contributed by atoms with van der Waals surface area (Å²) in [6, 6.07) is -0.533. The van der Waals surface area contributed by atoms with Gasteiger partial charge in [-0.15, -0.1) is 0 Å². The molecule has 1 aliphatic carbocycles. The molecule has 106 valence electrons. The number of rotatable bonds is 5. The van der Waals surface area contributed by atoms with Crippen LogP contribution in [0.5, 0.6) is 0 Å². The summed E-state index contributed by atoms with van der Waals surface area (Å²) in [5, 5.41) is 2.36. The second-order valence-corrected chi connectivity index (χ2v) is 5.58. The molecule has 1 saturated carbocycles.